The summed E-state index contributed by atoms with van der Waals surface area (Å²) >= 11 is 0. The van der Waals surface area contributed by atoms with Crippen LogP contribution in [0.25, 0.3) is 11.1 Å². The number of nitrogens with zero attached hydrogens (tertiary/aromatic N) is 5. The van der Waals surface area contributed by atoms with Gasteiger partial charge in [0.05, 0.1) is 24.8 Å². The summed E-state index contributed by atoms with van der Waals surface area (Å²) in [4.78, 5) is 32.6. The number of methoxy groups -OCH3 is 1. The Hall–Kier alpha value is -3.62. The van der Waals surface area contributed by atoms with Crippen LogP contribution in [0.4, 0.5) is 10.2 Å². The molecular formula is C27H33FN6O2. The van der Waals surface area contributed by atoms with E-state index < -0.39 is 11.7 Å². The number of aromatic nitrogens is 4. The van der Waals surface area contributed by atoms with E-state index in [1.165, 1.54) is 13.2 Å². The highest BCUT2D eigenvalue weighted by Gasteiger charge is 2.35. The first-order valence-electron chi connectivity index (χ1n) is 12.2. The Balaban J connectivity index is 1.53. The fourth-order valence-electron chi connectivity index (χ4n) is 4.70. The van der Waals surface area contributed by atoms with Gasteiger partial charge < -0.3 is 15.0 Å². The van der Waals surface area contributed by atoms with Crippen molar-refractivity contribution < 1.29 is 13.9 Å². The number of aryl methyl sites for hydroxylation is 3. The van der Waals surface area contributed by atoms with Crippen LogP contribution in [0, 0.1) is 19.7 Å². The lowest BCUT2D eigenvalue weighted by Gasteiger charge is -2.40. The summed E-state index contributed by atoms with van der Waals surface area (Å²) in [6.07, 6.45) is 6.39. The second kappa shape index (κ2) is 10.2. The Morgan fingerprint density at radius 2 is 1.94 bits per heavy atom. The van der Waals surface area contributed by atoms with Crippen molar-refractivity contribution in [3.63, 3.8) is 0 Å². The van der Waals surface area contributed by atoms with Crippen molar-refractivity contribution in [2.75, 3.05) is 25.5 Å². The van der Waals surface area contributed by atoms with Crippen molar-refractivity contribution in [1.82, 2.24) is 24.8 Å². The van der Waals surface area contributed by atoms with Gasteiger partial charge in [-0.3, -0.25) is 4.79 Å². The van der Waals surface area contributed by atoms with Crippen molar-refractivity contribution in [2.24, 2.45) is 0 Å². The van der Waals surface area contributed by atoms with Crippen LogP contribution in [-0.4, -0.2) is 56.5 Å². The number of rotatable bonds is 7. The van der Waals surface area contributed by atoms with Crippen LogP contribution in [-0.2, 0) is 11.2 Å². The molecule has 0 unspecified atom stereocenters. The molecule has 3 aromatic heterocycles. The number of carbonyl (C=O) groups is 1. The molecule has 0 aliphatic carbocycles. The molecule has 9 heteroatoms. The smallest absolute Gasteiger partial charge is 0.230 e. The minimum atomic E-state index is -0.666. The molecule has 8 nitrogen and oxygen atoms in total. The maximum Gasteiger partial charge on any atom is 0.230 e. The quantitative estimate of drug-likeness (QED) is 0.520. The number of pyridine rings is 2. The molecule has 0 saturated heterocycles. The highest BCUT2D eigenvalue weighted by molar-refractivity contribution is 5.83. The molecule has 0 aromatic carbocycles. The molecule has 190 valence electrons. The fourth-order valence-corrected chi connectivity index (χ4v) is 4.70. The van der Waals surface area contributed by atoms with Crippen LogP contribution < -0.4 is 10.1 Å². The van der Waals surface area contributed by atoms with Gasteiger partial charge in [0, 0.05) is 53.9 Å². The molecule has 3 aromatic rings. The molecule has 36 heavy (non-hydrogen) atoms. The SMILES string of the molecule is CCN(C[C@@]1(C)CCc2cc(-c3cnc(C)nc3)c(C)nc2N1)C(=O)[C@H](C)c1cc(OC)ncc1F. The van der Waals surface area contributed by atoms with Gasteiger partial charge in [0.1, 0.15) is 17.5 Å². The van der Waals surface area contributed by atoms with Gasteiger partial charge in [-0.1, -0.05) is 0 Å². The first-order chi connectivity index (χ1) is 17.1. The number of nitrogens with one attached hydrogen (secondary N) is 1. The van der Waals surface area contributed by atoms with Gasteiger partial charge in [-0.2, -0.15) is 0 Å². The van der Waals surface area contributed by atoms with Crippen LogP contribution in [0.1, 0.15) is 55.8 Å². The molecule has 1 aliphatic rings. The third-order valence-corrected chi connectivity index (χ3v) is 6.89. The number of carbonyl (C=O) groups excluding carboxylic acids is 1. The van der Waals surface area contributed by atoms with Gasteiger partial charge in [0.25, 0.3) is 0 Å². The number of anilines is 1. The summed E-state index contributed by atoms with van der Waals surface area (Å²) in [6, 6.07) is 3.65. The van der Waals surface area contributed by atoms with Crippen molar-refractivity contribution in [3.05, 3.63) is 59.2 Å². The molecule has 0 fully saturated rings. The van der Waals surface area contributed by atoms with E-state index >= 15 is 0 Å². The van der Waals surface area contributed by atoms with Crippen molar-refractivity contribution in [2.45, 2.75) is 58.9 Å². The minimum Gasteiger partial charge on any atom is -0.481 e. The molecule has 0 spiro atoms. The largest absolute Gasteiger partial charge is 0.481 e. The van der Waals surface area contributed by atoms with E-state index in [1.807, 2.05) is 33.2 Å². The van der Waals surface area contributed by atoms with Crippen molar-refractivity contribution >= 4 is 11.7 Å². The standard InChI is InChI=1S/C27H33FN6O2/c1-7-34(26(35)16(2)21-11-24(36-6)31-14-23(21)28)15-27(5)9-8-19-10-22(17(3)32-25(19)33-27)20-12-29-18(4)30-13-20/h10-14,16H,7-9,15H2,1-6H3,(H,32,33)/t16-,27-/m1/s1. The number of hydrogen-bond acceptors (Lipinski definition) is 7. The number of likely N-dealkylation sites (N-methyl/N-ethyl adjacent to an activating group) is 1. The average Bonchev–Trinajstić information content (AvgIpc) is 2.87. The Labute approximate surface area is 211 Å². The Kier molecular flexibility index (Phi) is 7.19. The average molecular weight is 493 g/mol. The van der Waals surface area contributed by atoms with E-state index in [-0.39, 0.29) is 22.9 Å². The van der Waals surface area contributed by atoms with E-state index in [9.17, 15) is 9.18 Å². The number of hydrogen-bond donors (Lipinski definition) is 1. The highest BCUT2D eigenvalue weighted by Crippen LogP contribution is 2.34. The monoisotopic (exact) mass is 492 g/mol. The number of halogens is 1. The summed E-state index contributed by atoms with van der Waals surface area (Å²) in [7, 11) is 1.47. The Morgan fingerprint density at radius 1 is 1.22 bits per heavy atom. The second-order valence-corrected chi connectivity index (χ2v) is 9.66. The van der Waals surface area contributed by atoms with Gasteiger partial charge in [-0.15, -0.1) is 0 Å². The zero-order valence-electron chi connectivity index (χ0n) is 21.7. The zero-order chi connectivity index (χ0) is 26.0. The van der Waals surface area contributed by atoms with E-state index in [0.717, 1.165) is 53.1 Å². The molecule has 1 aliphatic heterocycles. The number of ether oxygens (including phenoxy) is 1. The fraction of sp³-hybridized carbons (Fsp3) is 0.444. The highest BCUT2D eigenvalue weighted by atomic mass is 19.1. The van der Waals surface area contributed by atoms with Gasteiger partial charge >= 0.3 is 0 Å². The Morgan fingerprint density at radius 3 is 2.61 bits per heavy atom. The minimum absolute atomic E-state index is 0.141. The molecule has 0 saturated carbocycles. The van der Waals surface area contributed by atoms with E-state index in [1.54, 1.807) is 11.8 Å². The molecule has 1 amide bonds. The van der Waals surface area contributed by atoms with Crippen LogP contribution in [0.2, 0.25) is 0 Å². The molecule has 4 rings (SSSR count). The van der Waals surface area contributed by atoms with Crippen molar-refractivity contribution in [1.29, 1.82) is 0 Å². The van der Waals surface area contributed by atoms with Crippen LogP contribution in [0.3, 0.4) is 0 Å². The topological polar surface area (TPSA) is 93.1 Å². The van der Waals surface area contributed by atoms with Crippen LogP contribution >= 0.6 is 0 Å². The third-order valence-electron chi connectivity index (χ3n) is 6.89. The van der Waals surface area contributed by atoms with E-state index in [2.05, 4.69) is 33.3 Å². The third kappa shape index (κ3) is 5.15. The van der Waals surface area contributed by atoms with E-state index in [4.69, 9.17) is 9.72 Å². The number of fused-ring (bicyclic) bond motifs is 1. The predicted octanol–water partition coefficient (Wildman–Crippen LogP) is 4.47. The molecule has 0 bridgehead atoms. The Bertz CT molecular complexity index is 1270. The van der Waals surface area contributed by atoms with Crippen molar-refractivity contribution in [3.8, 4) is 17.0 Å². The van der Waals surface area contributed by atoms with E-state index in [0.29, 0.717) is 13.1 Å². The van der Waals surface area contributed by atoms with Crippen LogP contribution in [0.15, 0.2) is 30.7 Å². The summed E-state index contributed by atoms with van der Waals surface area (Å²) in [5.74, 6) is 0.524. The maximum atomic E-state index is 14.5. The molecule has 0 radical (unpaired) electrons. The lowest BCUT2D eigenvalue weighted by Crippen LogP contribution is -2.51. The van der Waals surface area contributed by atoms with Gasteiger partial charge in [0.15, 0.2) is 0 Å². The number of amides is 1. The summed E-state index contributed by atoms with van der Waals surface area (Å²) in [6.45, 7) is 10.6. The normalized spacial score (nSPS) is 17.6. The first kappa shape index (κ1) is 25.5. The lowest BCUT2D eigenvalue weighted by atomic mass is 9.87. The summed E-state index contributed by atoms with van der Waals surface area (Å²) < 4.78 is 19.6. The predicted molar refractivity (Wildman–Crippen MR) is 137 cm³/mol. The van der Waals surface area contributed by atoms with Gasteiger partial charge in [-0.25, -0.2) is 24.3 Å². The lowest BCUT2D eigenvalue weighted by molar-refractivity contribution is -0.133. The zero-order valence-corrected chi connectivity index (χ0v) is 21.7. The van der Waals surface area contributed by atoms with Crippen LogP contribution in [0.5, 0.6) is 5.88 Å². The molecule has 2 atom stereocenters. The maximum absolute atomic E-state index is 14.5. The molecule has 1 N–H and O–H groups in total. The molecule has 4 heterocycles. The first-order valence-corrected chi connectivity index (χ1v) is 12.2. The summed E-state index contributed by atoms with van der Waals surface area (Å²) in [5, 5.41) is 3.59. The van der Waals surface area contributed by atoms with Gasteiger partial charge in [0.2, 0.25) is 11.8 Å². The second-order valence-electron chi connectivity index (χ2n) is 9.66. The van der Waals surface area contributed by atoms with Gasteiger partial charge in [-0.05, 0) is 59.1 Å². The summed E-state index contributed by atoms with van der Waals surface area (Å²) in [5.41, 5.74) is 3.88. The molecular weight excluding hydrogens is 459 g/mol.